The van der Waals surface area contributed by atoms with Crippen molar-refractivity contribution in [3.05, 3.63) is 24.0 Å². The summed E-state index contributed by atoms with van der Waals surface area (Å²) in [6.45, 7) is 12.6. The van der Waals surface area contributed by atoms with Crippen molar-refractivity contribution < 1.29 is 9.53 Å². The second kappa shape index (κ2) is 7.27. The molecule has 0 bridgehead atoms. The molecule has 0 aliphatic rings. The molecule has 1 N–H and O–H groups in total. The highest BCUT2D eigenvalue weighted by atomic mass is 28.3. The van der Waals surface area contributed by atoms with Crippen molar-refractivity contribution in [2.24, 2.45) is 0 Å². The third-order valence-electron chi connectivity index (χ3n) is 3.73. The van der Waals surface area contributed by atoms with Gasteiger partial charge in [-0.25, -0.2) is 4.98 Å². The van der Waals surface area contributed by atoms with Crippen LogP contribution in [0.25, 0.3) is 11.0 Å². The van der Waals surface area contributed by atoms with Gasteiger partial charge in [0.2, 0.25) is 0 Å². The van der Waals surface area contributed by atoms with Crippen LogP contribution in [0.15, 0.2) is 18.5 Å². The lowest BCUT2D eigenvalue weighted by Gasteiger charge is -2.15. The van der Waals surface area contributed by atoms with Crippen LogP contribution < -0.4 is 5.32 Å². The molecule has 0 radical (unpaired) electrons. The number of carbonyl (C=O) groups is 1. The van der Waals surface area contributed by atoms with Crippen molar-refractivity contribution in [2.75, 3.05) is 18.5 Å². The highest BCUT2D eigenvalue weighted by Crippen LogP contribution is 2.28. The number of hydrogen-bond acceptors (Lipinski definition) is 4. The minimum absolute atomic E-state index is 0.0444. The maximum absolute atomic E-state index is 12.0. The molecule has 0 aliphatic heterocycles. The minimum atomic E-state index is -1.10. The Bertz CT molecular complexity index is 689. The summed E-state index contributed by atoms with van der Waals surface area (Å²) < 4.78 is 7.75. The molecule has 0 unspecified atom stereocenters. The van der Waals surface area contributed by atoms with Crippen LogP contribution in [0.4, 0.5) is 5.69 Å². The van der Waals surface area contributed by atoms with Gasteiger partial charge in [-0.05, 0) is 26.0 Å². The Hall–Kier alpha value is -1.66. The average molecular weight is 334 g/mol. The molecule has 0 aliphatic carbocycles. The van der Waals surface area contributed by atoms with Crippen LogP contribution in [-0.2, 0) is 11.5 Å². The number of carbonyl (C=O) groups excluding carboxylic acids is 1. The van der Waals surface area contributed by atoms with Gasteiger partial charge in [-0.1, -0.05) is 19.6 Å². The maximum Gasteiger partial charge on any atom is 0.162 e. The number of aromatic nitrogens is 2. The molecule has 2 aromatic rings. The van der Waals surface area contributed by atoms with Crippen LogP contribution in [-0.4, -0.2) is 36.6 Å². The largest absolute Gasteiger partial charge is 0.385 e. The number of nitrogens with one attached hydrogen (secondary N) is 1. The van der Waals surface area contributed by atoms with E-state index in [0.29, 0.717) is 12.3 Å². The Morgan fingerprint density at radius 2 is 2.13 bits per heavy atom. The molecule has 0 saturated heterocycles. The molecule has 6 heteroatoms. The Morgan fingerprint density at radius 1 is 1.39 bits per heavy atom. The molecule has 5 nitrogen and oxygen atoms in total. The fourth-order valence-corrected chi connectivity index (χ4v) is 3.22. The van der Waals surface area contributed by atoms with Gasteiger partial charge in [-0.15, -0.1) is 0 Å². The molecule has 23 heavy (non-hydrogen) atoms. The summed E-state index contributed by atoms with van der Waals surface area (Å²) in [4.78, 5) is 16.4. The number of ketones is 1. The third kappa shape index (κ3) is 4.42. The van der Waals surface area contributed by atoms with Crippen molar-refractivity contribution in [3.63, 3.8) is 0 Å². The standard InChI is InChI=1S/C17H27N3O2Si/c1-6-18-15-7-8-19-17-16(15)14(13(2)21)11-20(17)12-22-9-10-23(3,4)5/h7-8,11H,6,9-10,12H2,1-5H3,(H,18,19). The molecule has 0 atom stereocenters. The van der Waals surface area contributed by atoms with Crippen LogP contribution >= 0.6 is 0 Å². The SMILES string of the molecule is CCNc1ccnc2c1c(C(C)=O)cn2COCC[Si](C)(C)C. The smallest absolute Gasteiger partial charge is 0.162 e. The number of nitrogens with zero attached hydrogens (tertiary/aromatic N) is 2. The van der Waals surface area contributed by atoms with E-state index in [4.69, 9.17) is 4.74 Å². The normalized spacial score (nSPS) is 11.9. The average Bonchev–Trinajstić information content (AvgIpc) is 2.83. The van der Waals surface area contributed by atoms with Gasteiger partial charge in [0.05, 0.1) is 5.39 Å². The minimum Gasteiger partial charge on any atom is -0.385 e. The number of anilines is 1. The predicted octanol–water partition coefficient (Wildman–Crippen LogP) is 3.98. The van der Waals surface area contributed by atoms with E-state index in [2.05, 4.69) is 29.9 Å². The molecule has 126 valence electrons. The van der Waals surface area contributed by atoms with E-state index in [-0.39, 0.29) is 5.78 Å². The third-order valence-corrected chi connectivity index (χ3v) is 5.43. The van der Waals surface area contributed by atoms with Crippen molar-refractivity contribution in [2.45, 2.75) is 46.3 Å². The zero-order valence-electron chi connectivity index (χ0n) is 14.8. The number of pyridine rings is 1. The lowest BCUT2D eigenvalue weighted by molar-refractivity contribution is 0.0895. The van der Waals surface area contributed by atoms with Gasteiger partial charge < -0.3 is 14.6 Å². The van der Waals surface area contributed by atoms with Crippen LogP contribution in [0.1, 0.15) is 24.2 Å². The topological polar surface area (TPSA) is 56.2 Å². The zero-order chi connectivity index (χ0) is 17.0. The first-order chi connectivity index (χ1) is 10.8. The maximum atomic E-state index is 12.0. The van der Waals surface area contributed by atoms with E-state index in [1.807, 2.05) is 23.8 Å². The number of rotatable bonds is 8. The quantitative estimate of drug-likeness (QED) is 0.451. The van der Waals surface area contributed by atoms with Gasteiger partial charge >= 0.3 is 0 Å². The zero-order valence-corrected chi connectivity index (χ0v) is 15.8. The predicted molar refractivity (Wildman–Crippen MR) is 98.0 cm³/mol. The van der Waals surface area contributed by atoms with Crippen molar-refractivity contribution in [1.29, 1.82) is 0 Å². The van der Waals surface area contributed by atoms with E-state index >= 15 is 0 Å². The van der Waals surface area contributed by atoms with E-state index in [1.54, 1.807) is 13.1 Å². The summed E-state index contributed by atoms with van der Waals surface area (Å²) in [5.74, 6) is 0.0444. The Morgan fingerprint density at radius 3 is 2.74 bits per heavy atom. The van der Waals surface area contributed by atoms with E-state index < -0.39 is 8.07 Å². The Kier molecular flexibility index (Phi) is 5.59. The molecule has 0 amide bonds. The Balaban J connectivity index is 2.27. The number of Topliss-reactive ketones (excluding diaryl/α,β-unsaturated/α-hetero) is 1. The fourth-order valence-electron chi connectivity index (χ4n) is 2.46. The number of ether oxygens (including phenoxy) is 1. The summed E-state index contributed by atoms with van der Waals surface area (Å²) in [6.07, 6.45) is 3.62. The van der Waals surface area contributed by atoms with Gasteiger partial charge in [-0.2, -0.15) is 0 Å². The molecule has 0 aromatic carbocycles. The highest BCUT2D eigenvalue weighted by Gasteiger charge is 2.17. The van der Waals surface area contributed by atoms with E-state index in [9.17, 15) is 4.79 Å². The summed E-state index contributed by atoms with van der Waals surface area (Å²) in [5, 5.41) is 4.19. The molecule has 0 saturated carbocycles. The molecular formula is C17H27N3O2Si. The highest BCUT2D eigenvalue weighted by molar-refractivity contribution is 6.76. The number of hydrogen-bond donors (Lipinski definition) is 1. The molecule has 2 heterocycles. The lowest BCUT2D eigenvalue weighted by atomic mass is 10.1. The van der Waals surface area contributed by atoms with Gasteiger partial charge in [-0.3, -0.25) is 4.79 Å². The molecule has 0 spiro atoms. The van der Waals surface area contributed by atoms with E-state index in [0.717, 1.165) is 35.9 Å². The second-order valence-electron chi connectivity index (χ2n) is 7.00. The van der Waals surface area contributed by atoms with Crippen molar-refractivity contribution in [3.8, 4) is 0 Å². The van der Waals surface area contributed by atoms with Crippen molar-refractivity contribution >= 4 is 30.6 Å². The van der Waals surface area contributed by atoms with Crippen LogP contribution in [0.3, 0.4) is 0 Å². The van der Waals surface area contributed by atoms with Gasteiger partial charge in [0.1, 0.15) is 12.4 Å². The van der Waals surface area contributed by atoms with Crippen molar-refractivity contribution in [1.82, 2.24) is 9.55 Å². The van der Waals surface area contributed by atoms with Gasteiger partial charge in [0.15, 0.2) is 5.78 Å². The lowest BCUT2D eigenvalue weighted by Crippen LogP contribution is -2.22. The van der Waals surface area contributed by atoms with Crippen LogP contribution in [0.2, 0.25) is 25.7 Å². The van der Waals surface area contributed by atoms with Crippen LogP contribution in [0.5, 0.6) is 0 Å². The first-order valence-electron chi connectivity index (χ1n) is 8.14. The van der Waals surface area contributed by atoms with Crippen LogP contribution in [0, 0.1) is 0 Å². The van der Waals surface area contributed by atoms with Gasteiger partial charge in [0.25, 0.3) is 0 Å². The monoisotopic (exact) mass is 333 g/mol. The summed E-state index contributed by atoms with van der Waals surface area (Å²) >= 11 is 0. The number of fused-ring (bicyclic) bond motifs is 1. The first kappa shape index (κ1) is 17.7. The molecule has 0 fully saturated rings. The molecule has 2 aromatic heterocycles. The molecular weight excluding hydrogens is 306 g/mol. The summed E-state index contributed by atoms with van der Waals surface area (Å²) in [5.41, 5.74) is 2.43. The van der Waals surface area contributed by atoms with E-state index in [1.165, 1.54) is 0 Å². The fraction of sp³-hybridized carbons (Fsp3) is 0.529. The molecule has 2 rings (SSSR count). The summed E-state index contributed by atoms with van der Waals surface area (Å²) in [7, 11) is -1.10. The Labute approximate surface area is 139 Å². The summed E-state index contributed by atoms with van der Waals surface area (Å²) in [6, 6.07) is 3.04. The second-order valence-corrected chi connectivity index (χ2v) is 12.6. The van der Waals surface area contributed by atoms with Gasteiger partial charge in [0, 0.05) is 44.9 Å². The first-order valence-corrected chi connectivity index (χ1v) is 11.8.